The Labute approximate surface area is 115 Å². The van der Waals surface area contributed by atoms with Crippen LogP contribution in [0.15, 0.2) is 18.2 Å². The molecule has 0 bridgehead atoms. The van der Waals surface area contributed by atoms with E-state index >= 15 is 0 Å². The number of imidazole rings is 1. The summed E-state index contributed by atoms with van der Waals surface area (Å²) in [4.78, 5) is 9.99. The number of rotatable bonds is 5. The molecule has 0 amide bonds. The lowest BCUT2D eigenvalue weighted by molar-refractivity contribution is 0.347. The van der Waals surface area contributed by atoms with Crippen molar-refractivity contribution in [1.82, 2.24) is 9.97 Å². The summed E-state index contributed by atoms with van der Waals surface area (Å²) in [5, 5.41) is 0. The van der Waals surface area contributed by atoms with E-state index in [1.54, 1.807) is 0 Å². The van der Waals surface area contributed by atoms with Crippen molar-refractivity contribution in [2.24, 2.45) is 11.1 Å². The molecule has 0 unspecified atom stereocenters. The minimum atomic E-state index is 0.225. The van der Waals surface area contributed by atoms with Gasteiger partial charge in [-0.3, -0.25) is 0 Å². The van der Waals surface area contributed by atoms with Gasteiger partial charge in [-0.25, -0.2) is 4.98 Å². The first kappa shape index (κ1) is 13.9. The Morgan fingerprint density at radius 1 is 1.37 bits per heavy atom. The third-order valence-corrected chi connectivity index (χ3v) is 3.51. The average molecular weight is 260 g/mol. The molecule has 1 heterocycles. The number of aromatic amines is 1. The second-order valence-corrected chi connectivity index (χ2v) is 6.08. The van der Waals surface area contributed by atoms with E-state index in [2.05, 4.69) is 54.0 Å². The van der Waals surface area contributed by atoms with Crippen LogP contribution in [0, 0.1) is 12.3 Å². The van der Waals surface area contributed by atoms with Crippen molar-refractivity contribution < 1.29 is 0 Å². The van der Waals surface area contributed by atoms with Gasteiger partial charge in [0.2, 0.25) is 0 Å². The first-order valence-corrected chi connectivity index (χ1v) is 6.79. The standard InChI is InChI=1S/C15H24N4/c1-11-17-13-6-5-12(9-14(13)18-11)19(4)10-15(2,3)7-8-16/h5-6,9H,7-8,10,16H2,1-4H3,(H,17,18). The summed E-state index contributed by atoms with van der Waals surface area (Å²) in [7, 11) is 2.13. The van der Waals surface area contributed by atoms with E-state index in [0.717, 1.165) is 36.4 Å². The lowest BCUT2D eigenvalue weighted by Gasteiger charge is -2.31. The van der Waals surface area contributed by atoms with Crippen molar-refractivity contribution in [3.05, 3.63) is 24.0 Å². The predicted molar refractivity (Wildman–Crippen MR) is 81.6 cm³/mol. The fraction of sp³-hybridized carbons (Fsp3) is 0.533. The number of aromatic nitrogens is 2. The van der Waals surface area contributed by atoms with Crippen molar-refractivity contribution >= 4 is 16.7 Å². The predicted octanol–water partition coefficient (Wildman–Crippen LogP) is 2.68. The zero-order chi connectivity index (χ0) is 14.0. The van der Waals surface area contributed by atoms with Gasteiger partial charge in [0.15, 0.2) is 0 Å². The number of nitrogens with zero attached hydrogens (tertiary/aromatic N) is 2. The van der Waals surface area contributed by atoms with Gasteiger partial charge in [-0.1, -0.05) is 13.8 Å². The van der Waals surface area contributed by atoms with E-state index in [9.17, 15) is 0 Å². The largest absolute Gasteiger partial charge is 0.374 e. The molecule has 0 radical (unpaired) electrons. The number of aryl methyl sites for hydroxylation is 1. The number of nitrogens with two attached hydrogens (primary N) is 1. The maximum atomic E-state index is 5.67. The summed E-state index contributed by atoms with van der Waals surface area (Å²) in [6.45, 7) is 8.22. The highest BCUT2D eigenvalue weighted by molar-refractivity contribution is 5.79. The number of nitrogens with one attached hydrogen (secondary N) is 1. The number of hydrogen-bond acceptors (Lipinski definition) is 3. The molecule has 0 fully saturated rings. The van der Waals surface area contributed by atoms with E-state index in [1.165, 1.54) is 5.69 Å². The molecular formula is C15H24N4. The van der Waals surface area contributed by atoms with Gasteiger partial charge in [0.05, 0.1) is 11.0 Å². The van der Waals surface area contributed by atoms with Gasteiger partial charge < -0.3 is 15.6 Å². The fourth-order valence-electron chi connectivity index (χ4n) is 2.57. The zero-order valence-corrected chi connectivity index (χ0v) is 12.3. The molecule has 104 valence electrons. The Balaban J connectivity index is 2.18. The number of benzene rings is 1. The normalized spacial score (nSPS) is 12.1. The second-order valence-electron chi connectivity index (χ2n) is 6.08. The minimum Gasteiger partial charge on any atom is -0.374 e. The van der Waals surface area contributed by atoms with Crippen LogP contribution in [0.1, 0.15) is 26.1 Å². The van der Waals surface area contributed by atoms with Crippen LogP contribution in [0.5, 0.6) is 0 Å². The van der Waals surface area contributed by atoms with E-state index in [0.29, 0.717) is 0 Å². The van der Waals surface area contributed by atoms with Crippen LogP contribution in [-0.2, 0) is 0 Å². The van der Waals surface area contributed by atoms with Gasteiger partial charge in [-0.2, -0.15) is 0 Å². The van der Waals surface area contributed by atoms with E-state index in [1.807, 2.05) is 6.92 Å². The molecule has 2 aromatic rings. The highest BCUT2D eigenvalue weighted by atomic mass is 15.1. The monoisotopic (exact) mass is 260 g/mol. The van der Waals surface area contributed by atoms with Crippen molar-refractivity contribution in [2.75, 3.05) is 25.0 Å². The topological polar surface area (TPSA) is 57.9 Å². The van der Waals surface area contributed by atoms with Crippen LogP contribution in [0.4, 0.5) is 5.69 Å². The molecule has 19 heavy (non-hydrogen) atoms. The lowest BCUT2D eigenvalue weighted by Crippen LogP contribution is -2.32. The molecule has 0 aliphatic heterocycles. The third-order valence-electron chi connectivity index (χ3n) is 3.51. The molecule has 0 aliphatic rings. The molecule has 0 atom stereocenters. The molecule has 2 rings (SSSR count). The first-order chi connectivity index (χ1) is 8.91. The summed E-state index contributed by atoms with van der Waals surface area (Å²) >= 11 is 0. The Morgan fingerprint density at radius 3 is 2.79 bits per heavy atom. The Hall–Kier alpha value is -1.55. The fourth-order valence-corrected chi connectivity index (χ4v) is 2.57. The second kappa shape index (κ2) is 5.21. The molecule has 0 saturated heterocycles. The van der Waals surface area contributed by atoms with Crippen molar-refractivity contribution in [3.8, 4) is 0 Å². The highest BCUT2D eigenvalue weighted by Gasteiger charge is 2.19. The van der Waals surface area contributed by atoms with Crippen LogP contribution in [0.3, 0.4) is 0 Å². The lowest BCUT2D eigenvalue weighted by atomic mass is 9.88. The Kier molecular flexibility index (Phi) is 3.80. The molecule has 0 aliphatic carbocycles. The third kappa shape index (κ3) is 3.26. The van der Waals surface area contributed by atoms with Gasteiger partial charge in [0, 0.05) is 19.3 Å². The number of anilines is 1. The van der Waals surface area contributed by atoms with Crippen molar-refractivity contribution in [3.63, 3.8) is 0 Å². The van der Waals surface area contributed by atoms with E-state index in [4.69, 9.17) is 5.73 Å². The molecule has 0 spiro atoms. The van der Waals surface area contributed by atoms with Crippen LogP contribution in [-0.4, -0.2) is 30.1 Å². The number of H-pyrrole nitrogens is 1. The van der Waals surface area contributed by atoms with Gasteiger partial charge in [0.1, 0.15) is 5.82 Å². The molecule has 4 heteroatoms. The van der Waals surface area contributed by atoms with Crippen LogP contribution in [0.2, 0.25) is 0 Å². The summed E-state index contributed by atoms with van der Waals surface area (Å²) in [6, 6.07) is 6.36. The van der Waals surface area contributed by atoms with Gasteiger partial charge >= 0.3 is 0 Å². The number of fused-ring (bicyclic) bond motifs is 1. The van der Waals surface area contributed by atoms with Crippen molar-refractivity contribution in [2.45, 2.75) is 27.2 Å². The van der Waals surface area contributed by atoms with Gasteiger partial charge in [-0.15, -0.1) is 0 Å². The molecule has 1 aromatic heterocycles. The quantitative estimate of drug-likeness (QED) is 0.869. The average Bonchev–Trinajstić information content (AvgIpc) is 2.66. The van der Waals surface area contributed by atoms with Gasteiger partial charge in [-0.05, 0) is 43.5 Å². The van der Waals surface area contributed by atoms with E-state index in [-0.39, 0.29) is 5.41 Å². The van der Waals surface area contributed by atoms with Crippen LogP contribution in [0.25, 0.3) is 11.0 Å². The summed E-state index contributed by atoms with van der Waals surface area (Å²) in [6.07, 6.45) is 1.03. The van der Waals surface area contributed by atoms with Crippen LogP contribution < -0.4 is 10.6 Å². The maximum Gasteiger partial charge on any atom is 0.104 e. The summed E-state index contributed by atoms with van der Waals surface area (Å²) in [5.41, 5.74) is 9.23. The molecule has 4 nitrogen and oxygen atoms in total. The minimum absolute atomic E-state index is 0.225. The van der Waals surface area contributed by atoms with Crippen molar-refractivity contribution in [1.29, 1.82) is 0 Å². The number of hydrogen-bond donors (Lipinski definition) is 2. The SMILES string of the molecule is Cc1nc2ccc(N(C)CC(C)(C)CCN)cc2[nH]1. The molecule has 0 saturated carbocycles. The maximum absolute atomic E-state index is 5.67. The molecular weight excluding hydrogens is 236 g/mol. The summed E-state index contributed by atoms with van der Waals surface area (Å²) < 4.78 is 0. The van der Waals surface area contributed by atoms with Gasteiger partial charge in [0.25, 0.3) is 0 Å². The Bertz CT molecular complexity index is 556. The summed E-state index contributed by atoms with van der Waals surface area (Å²) in [5.74, 6) is 0.957. The Morgan fingerprint density at radius 2 is 2.11 bits per heavy atom. The van der Waals surface area contributed by atoms with E-state index < -0.39 is 0 Å². The molecule has 1 aromatic carbocycles. The van der Waals surface area contributed by atoms with Crippen LogP contribution >= 0.6 is 0 Å². The highest BCUT2D eigenvalue weighted by Crippen LogP contribution is 2.25. The molecule has 3 N–H and O–H groups in total. The first-order valence-electron chi connectivity index (χ1n) is 6.79. The zero-order valence-electron chi connectivity index (χ0n) is 12.3. The smallest absolute Gasteiger partial charge is 0.104 e.